The number of carbonyl (C=O) groups excluding carboxylic acids is 2. The molecule has 7 heteroatoms. The van der Waals surface area contributed by atoms with E-state index in [1.165, 1.54) is 13.1 Å². The number of hydrogen-bond donors (Lipinski definition) is 3. The van der Waals surface area contributed by atoms with Crippen LogP contribution in [0.4, 0.5) is 13.6 Å². The number of urea groups is 1. The van der Waals surface area contributed by atoms with E-state index in [9.17, 15) is 18.4 Å². The highest BCUT2D eigenvalue weighted by atomic mass is 19.2. The molecule has 0 fully saturated rings. The van der Waals surface area contributed by atoms with Gasteiger partial charge in [0.15, 0.2) is 17.7 Å². The normalized spacial score (nSPS) is 13.4. The Kier molecular flexibility index (Phi) is 5.57. The van der Waals surface area contributed by atoms with E-state index in [4.69, 9.17) is 0 Å². The van der Waals surface area contributed by atoms with E-state index in [1.54, 1.807) is 19.2 Å². The van der Waals surface area contributed by atoms with Crippen molar-refractivity contribution in [1.29, 1.82) is 0 Å². The van der Waals surface area contributed by atoms with Crippen molar-refractivity contribution in [3.8, 4) is 0 Å². The number of amides is 3. The minimum Gasteiger partial charge on any atom is -0.341 e. The quantitative estimate of drug-likeness (QED) is 0.751. The summed E-state index contributed by atoms with van der Waals surface area (Å²) in [4.78, 5) is 22.7. The van der Waals surface area contributed by atoms with Crippen molar-refractivity contribution in [3.05, 3.63) is 35.4 Å². The number of nitrogens with one attached hydrogen (secondary N) is 2. The molecule has 2 atom stereocenters. The fourth-order valence-corrected chi connectivity index (χ4v) is 1.72. The maximum Gasteiger partial charge on any atom is 0.321 e. The highest BCUT2D eigenvalue weighted by molar-refractivity contribution is 5.95. The van der Waals surface area contributed by atoms with Crippen molar-refractivity contribution in [1.82, 2.24) is 10.6 Å². The maximum absolute atomic E-state index is 13.1. The molecule has 0 aromatic heterocycles. The first-order chi connectivity index (χ1) is 9.35. The number of nitrogens with two attached hydrogens (primary N) is 1. The molecule has 4 N–H and O–H groups in total. The SMILES string of the molecule is CNC(=O)NC(=O)[C@@H](C)[NH2+][C@@H](C)c1ccc(F)c(F)c1. The first-order valence-electron chi connectivity index (χ1n) is 6.17. The number of carbonyl (C=O) groups is 2. The van der Waals surface area contributed by atoms with Crippen molar-refractivity contribution in [2.45, 2.75) is 25.9 Å². The van der Waals surface area contributed by atoms with Gasteiger partial charge in [0.05, 0.1) is 0 Å². The lowest BCUT2D eigenvalue weighted by atomic mass is 10.1. The topological polar surface area (TPSA) is 74.8 Å². The van der Waals surface area contributed by atoms with E-state index >= 15 is 0 Å². The lowest BCUT2D eigenvalue weighted by Crippen LogP contribution is -2.92. The smallest absolute Gasteiger partial charge is 0.321 e. The molecule has 0 radical (unpaired) electrons. The number of hydrogen-bond acceptors (Lipinski definition) is 2. The van der Waals surface area contributed by atoms with Crippen LogP contribution in [0, 0.1) is 11.6 Å². The Morgan fingerprint density at radius 2 is 1.85 bits per heavy atom. The second-order valence-corrected chi connectivity index (χ2v) is 4.51. The van der Waals surface area contributed by atoms with Gasteiger partial charge in [0.2, 0.25) is 0 Å². The number of rotatable bonds is 4. The van der Waals surface area contributed by atoms with E-state index in [0.717, 1.165) is 12.1 Å². The minimum atomic E-state index is -0.926. The fourth-order valence-electron chi connectivity index (χ4n) is 1.72. The third-order valence-corrected chi connectivity index (χ3v) is 2.92. The van der Waals surface area contributed by atoms with Crippen LogP contribution in [0.2, 0.25) is 0 Å². The molecule has 110 valence electrons. The minimum absolute atomic E-state index is 0.254. The van der Waals surface area contributed by atoms with Crippen LogP contribution >= 0.6 is 0 Å². The summed E-state index contributed by atoms with van der Waals surface area (Å²) in [6.07, 6.45) is 0. The average molecular weight is 286 g/mol. The van der Waals surface area contributed by atoms with E-state index in [0.29, 0.717) is 5.56 Å². The van der Waals surface area contributed by atoms with Crippen molar-refractivity contribution < 1.29 is 23.7 Å². The first-order valence-corrected chi connectivity index (χ1v) is 6.17. The van der Waals surface area contributed by atoms with Gasteiger partial charge in [-0.15, -0.1) is 0 Å². The summed E-state index contributed by atoms with van der Waals surface area (Å²) in [6.45, 7) is 3.38. The van der Waals surface area contributed by atoms with Gasteiger partial charge in [-0.05, 0) is 32.0 Å². The van der Waals surface area contributed by atoms with Gasteiger partial charge in [0, 0.05) is 12.6 Å². The summed E-state index contributed by atoms with van der Waals surface area (Å²) in [7, 11) is 1.40. The van der Waals surface area contributed by atoms with Gasteiger partial charge < -0.3 is 10.6 Å². The van der Waals surface area contributed by atoms with Gasteiger partial charge >= 0.3 is 6.03 Å². The van der Waals surface area contributed by atoms with Gasteiger partial charge in [0.1, 0.15) is 6.04 Å². The third kappa shape index (κ3) is 4.27. The van der Waals surface area contributed by atoms with Crippen molar-refractivity contribution in [2.75, 3.05) is 7.05 Å². The maximum atomic E-state index is 13.1. The number of halogens is 2. The summed E-state index contributed by atoms with van der Waals surface area (Å²) >= 11 is 0. The Bertz CT molecular complexity index is 508. The molecule has 0 bridgehead atoms. The summed E-state index contributed by atoms with van der Waals surface area (Å²) in [5.74, 6) is -2.30. The van der Waals surface area contributed by atoms with E-state index in [-0.39, 0.29) is 6.04 Å². The van der Waals surface area contributed by atoms with Gasteiger partial charge in [0.25, 0.3) is 5.91 Å². The summed E-state index contributed by atoms with van der Waals surface area (Å²) in [5, 5.41) is 6.08. The zero-order valence-electron chi connectivity index (χ0n) is 11.5. The molecule has 0 aliphatic carbocycles. The van der Waals surface area contributed by atoms with Crippen LogP contribution in [0.1, 0.15) is 25.5 Å². The number of benzene rings is 1. The molecule has 5 nitrogen and oxygen atoms in total. The molecule has 0 aliphatic rings. The van der Waals surface area contributed by atoms with Crippen LogP contribution in [-0.4, -0.2) is 25.0 Å². The molecule has 1 rings (SSSR count). The highest BCUT2D eigenvalue weighted by Gasteiger charge is 2.22. The van der Waals surface area contributed by atoms with Crippen LogP contribution in [0.5, 0.6) is 0 Å². The lowest BCUT2D eigenvalue weighted by molar-refractivity contribution is -0.710. The van der Waals surface area contributed by atoms with Crippen LogP contribution in [0.25, 0.3) is 0 Å². The lowest BCUT2D eigenvalue weighted by Gasteiger charge is -2.16. The Hall–Kier alpha value is -2.02. The molecule has 0 unspecified atom stereocenters. The standard InChI is InChI=1S/C13H17F2N3O2/c1-7(9-4-5-10(14)11(15)6-9)17-8(2)12(19)18-13(20)16-3/h4-8,17H,1-3H3,(H2,16,18,19,20)/p+1/t7-,8+/m0/s1. The third-order valence-electron chi connectivity index (χ3n) is 2.92. The second kappa shape index (κ2) is 6.95. The predicted molar refractivity (Wildman–Crippen MR) is 68.8 cm³/mol. The molecular weight excluding hydrogens is 268 g/mol. The summed E-state index contributed by atoms with van der Waals surface area (Å²) in [5.41, 5.74) is 0.559. The predicted octanol–water partition coefficient (Wildman–Crippen LogP) is 0.433. The molecule has 0 saturated heterocycles. The molecule has 0 saturated carbocycles. The van der Waals surface area contributed by atoms with Gasteiger partial charge in [-0.1, -0.05) is 0 Å². The fraction of sp³-hybridized carbons (Fsp3) is 0.385. The van der Waals surface area contributed by atoms with Crippen molar-refractivity contribution in [3.63, 3.8) is 0 Å². The van der Waals surface area contributed by atoms with Crippen molar-refractivity contribution >= 4 is 11.9 Å². The number of quaternary nitrogens is 1. The average Bonchev–Trinajstić information content (AvgIpc) is 2.41. The Labute approximate surface area is 115 Å². The van der Waals surface area contributed by atoms with Crippen LogP contribution in [-0.2, 0) is 4.79 Å². The molecular formula is C13H18F2N3O2+. The van der Waals surface area contributed by atoms with Gasteiger partial charge in [-0.3, -0.25) is 10.1 Å². The van der Waals surface area contributed by atoms with Crippen LogP contribution in [0.15, 0.2) is 18.2 Å². The molecule has 0 heterocycles. The van der Waals surface area contributed by atoms with E-state index in [1.807, 2.05) is 0 Å². The monoisotopic (exact) mass is 286 g/mol. The Balaban J connectivity index is 2.64. The Morgan fingerprint density at radius 3 is 2.40 bits per heavy atom. The number of imide groups is 1. The largest absolute Gasteiger partial charge is 0.341 e. The second-order valence-electron chi connectivity index (χ2n) is 4.51. The zero-order chi connectivity index (χ0) is 15.3. The molecule has 3 amide bonds. The molecule has 1 aromatic rings. The molecule has 0 aliphatic heterocycles. The van der Waals surface area contributed by atoms with E-state index < -0.39 is 29.6 Å². The van der Waals surface area contributed by atoms with Gasteiger partial charge in [-0.2, -0.15) is 0 Å². The molecule has 0 spiro atoms. The van der Waals surface area contributed by atoms with E-state index in [2.05, 4.69) is 10.6 Å². The molecule has 1 aromatic carbocycles. The van der Waals surface area contributed by atoms with Crippen molar-refractivity contribution in [2.24, 2.45) is 0 Å². The summed E-state index contributed by atoms with van der Waals surface area (Å²) < 4.78 is 26.0. The first kappa shape index (κ1) is 16.0. The molecule has 20 heavy (non-hydrogen) atoms. The Morgan fingerprint density at radius 1 is 1.20 bits per heavy atom. The van der Waals surface area contributed by atoms with Crippen LogP contribution < -0.4 is 16.0 Å². The summed E-state index contributed by atoms with van der Waals surface area (Å²) in [6, 6.07) is 2.22. The van der Waals surface area contributed by atoms with Crippen LogP contribution in [0.3, 0.4) is 0 Å². The van der Waals surface area contributed by atoms with Gasteiger partial charge in [-0.25, -0.2) is 13.6 Å². The zero-order valence-corrected chi connectivity index (χ0v) is 11.5. The highest BCUT2D eigenvalue weighted by Crippen LogP contribution is 2.13.